The van der Waals surface area contributed by atoms with Crippen molar-refractivity contribution in [1.82, 2.24) is 4.90 Å². The minimum atomic E-state index is -1.13. The molecule has 0 unspecified atom stereocenters. The van der Waals surface area contributed by atoms with E-state index in [1.165, 1.54) is 0 Å². The molecule has 0 aromatic heterocycles. The average molecular weight is 347 g/mol. The summed E-state index contributed by atoms with van der Waals surface area (Å²) in [6.07, 6.45) is 0.280. The van der Waals surface area contributed by atoms with E-state index in [1.807, 2.05) is 0 Å². The zero-order chi connectivity index (χ0) is 18.5. The maximum Gasteiger partial charge on any atom is 0.347 e. The number of fused-ring (bicyclic) bond motifs is 1. The number of aromatic hydroxyl groups is 2. The van der Waals surface area contributed by atoms with Crippen LogP contribution >= 0.6 is 0 Å². The molecule has 1 aromatic carbocycles. The Morgan fingerprint density at radius 2 is 2.04 bits per heavy atom. The molecular weight excluding hydrogens is 330 g/mol. The van der Waals surface area contributed by atoms with Gasteiger partial charge in [-0.1, -0.05) is 13.5 Å². The molecule has 0 saturated carbocycles. The molecule has 1 aromatic rings. The standard InChI is InChI=1S/C17H17NO7/c1-7-8(2)25-17(24)15-12(20)5-11(19)9(14(7)15)6-18-10(16(22)23)3-4-13(18)21/h5,7,10,19-20H,2-4,6H2,1H3,(H,22,23)/t7-,10-/m1/s1. The number of phenolic OH excluding ortho intramolecular Hbond substituents is 2. The number of carboxylic acid groups (broad SMARTS) is 1. The number of allylic oxidation sites excluding steroid dienone is 1. The van der Waals surface area contributed by atoms with Crippen molar-refractivity contribution < 1.29 is 34.4 Å². The number of carbonyl (C=O) groups is 3. The molecule has 1 fully saturated rings. The number of phenols is 2. The molecule has 25 heavy (non-hydrogen) atoms. The van der Waals surface area contributed by atoms with Crippen LogP contribution in [0.1, 0.15) is 47.2 Å². The topological polar surface area (TPSA) is 124 Å². The van der Waals surface area contributed by atoms with Gasteiger partial charge in [-0.2, -0.15) is 0 Å². The summed E-state index contributed by atoms with van der Waals surface area (Å²) >= 11 is 0. The maximum atomic E-state index is 12.1. The molecule has 0 aliphatic carbocycles. The molecule has 0 spiro atoms. The third-order valence-electron chi connectivity index (χ3n) is 4.72. The predicted molar refractivity (Wildman–Crippen MR) is 83.9 cm³/mol. The smallest absolute Gasteiger partial charge is 0.347 e. The third-order valence-corrected chi connectivity index (χ3v) is 4.72. The number of amides is 1. The minimum Gasteiger partial charge on any atom is -0.507 e. The number of aliphatic carboxylic acids is 1. The van der Waals surface area contributed by atoms with Gasteiger partial charge in [0.05, 0.1) is 6.54 Å². The van der Waals surface area contributed by atoms with Crippen molar-refractivity contribution in [2.75, 3.05) is 0 Å². The number of ether oxygens (including phenoxy) is 1. The van der Waals surface area contributed by atoms with Gasteiger partial charge in [0.1, 0.15) is 28.9 Å². The second kappa shape index (κ2) is 5.80. The Kier molecular flexibility index (Phi) is 3.90. The van der Waals surface area contributed by atoms with E-state index < -0.39 is 29.6 Å². The summed E-state index contributed by atoms with van der Waals surface area (Å²) in [6.45, 7) is 5.15. The Morgan fingerprint density at radius 3 is 2.68 bits per heavy atom. The van der Waals surface area contributed by atoms with E-state index in [4.69, 9.17) is 4.74 Å². The molecule has 8 nitrogen and oxygen atoms in total. The van der Waals surface area contributed by atoms with Crippen molar-refractivity contribution >= 4 is 17.8 Å². The Hall–Kier alpha value is -3.03. The molecular formula is C17H17NO7. The number of rotatable bonds is 3. The predicted octanol–water partition coefficient (Wildman–Crippen LogP) is 1.46. The van der Waals surface area contributed by atoms with Crippen LogP contribution in [0.15, 0.2) is 18.4 Å². The van der Waals surface area contributed by atoms with Crippen LogP contribution in [0.3, 0.4) is 0 Å². The molecule has 8 heteroatoms. The fraction of sp³-hybridized carbons (Fsp3) is 0.353. The van der Waals surface area contributed by atoms with Crippen LogP contribution in [0.4, 0.5) is 0 Å². The number of carboxylic acids is 1. The number of cyclic esters (lactones) is 1. The summed E-state index contributed by atoms with van der Waals surface area (Å²) in [7, 11) is 0. The van der Waals surface area contributed by atoms with Gasteiger partial charge in [0, 0.05) is 24.0 Å². The summed E-state index contributed by atoms with van der Waals surface area (Å²) in [6, 6.07) is -0.00239. The molecule has 2 atom stereocenters. The molecule has 132 valence electrons. The van der Waals surface area contributed by atoms with Crippen LogP contribution in [0.5, 0.6) is 11.5 Å². The van der Waals surface area contributed by atoms with Crippen LogP contribution in [-0.4, -0.2) is 44.1 Å². The fourth-order valence-electron chi connectivity index (χ4n) is 3.35. The van der Waals surface area contributed by atoms with Gasteiger partial charge < -0.3 is 25.0 Å². The number of hydrogen-bond donors (Lipinski definition) is 3. The minimum absolute atomic E-state index is 0.0995. The van der Waals surface area contributed by atoms with Crippen LogP contribution in [0.2, 0.25) is 0 Å². The van der Waals surface area contributed by atoms with E-state index in [0.717, 1.165) is 11.0 Å². The molecule has 0 bridgehead atoms. The van der Waals surface area contributed by atoms with E-state index in [0.29, 0.717) is 5.56 Å². The number of benzene rings is 1. The lowest BCUT2D eigenvalue weighted by Crippen LogP contribution is -2.38. The lowest BCUT2D eigenvalue weighted by molar-refractivity contribution is -0.146. The Balaban J connectivity index is 2.12. The first kappa shape index (κ1) is 16.8. The van der Waals surface area contributed by atoms with E-state index in [2.05, 4.69) is 6.58 Å². The van der Waals surface area contributed by atoms with Crippen molar-refractivity contribution in [3.8, 4) is 11.5 Å². The summed E-state index contributed by atoms with van der Waals surface area (Å²) in [5, 5.41) is 29.6. The lowest BCUT2D eigenvalue weighted by Gasteiger charge is -2.30. The second-order valence-electron chi connectivity index (χ2n) is 6.17. The van der Waals surface area contributed by atoms with Crippen LogP contribution in [0.25, 0.3) is 0 Å². The number of esters is 1. The van der Waals surface area contributed by atoms with Crippen molar-refractivity contribution in [2.45, 2.75) is 38.3 Å². The second-order valence-corrected chi connectivity index (χ2v) is 6.17. The molecule has 3 N–H and O–H groups in total. The lowest BCUT2D eigenvalue weighted by atomic mass is 9.86. The molecule has 2 aliphatic heterocycles. The molecule has 1 saturated heterocycles. The number of nitrogens with zero attached hydrogens (tertiary/aromatic N) is 1. The van der Waals surface area contributed by atoms with E-state index in [-0.39, 0.29) is 47.9 Å². The SMILES string of the molecule is C=C1OC(=O)c2c(O)cc(O)c(CN3C(=O)CC[C@@H]3C(=O)O)c2[C@@H]1C. The largest absolute Gasteiger partial charge is 0.507 e. The molecule has 1 amide bonds. The van der Waals surface area contributed by atoms with Crippen molar-refractivity contribution in [3.05, 3.63) is 35.1 Å². The summed E-state index contributed by atoms with van der Waals surface area (Å²) in [4.78, 5) is 36.7. The van der Waals surface area contributed by atoms with Crippen molar-refractivity contribution in [3.63, 3.8) is 0 Å². The average Bonchev–Trinajstić information content (AvgIpc) is 2.88. The van der Waals surface area contributed by atoms with E-state index in [9.17, 15) is 29.7 Å². The van der Waals surface area contributed by atoms with Gasteiger partial charge in [-0.05, 0) is 12.0 Å². The Morgan fingerprint density at radius 1 is 1.36 bits per heavy atom. The Bertz CT molecular complexity index is 814. The van der Waals surface area contributed by atoms with E-state index in [1.54, 1.807) is 6.92 Å². The first-order valence-electron chi connectivity index (χ1n) is 7.73. The highest BCUT2D eigenvalue weighted by molar-refractivity contribution is 5.97. The van der Waals surface area contributed by atoms with Crippen molar-refractivity contribution in [2.24, 2.45) is 0 Å². The maximum absolute atomic E-state index is 12.1. The quantitative estimate of drug-likeness (QED) is 0.707. The summed E-state index contributed by atoms with van der Waals surface area (Å²) < 4.78 is 5.00. The highest BCUT2D eigenvalue weighted by atomic mass is 16.5. The fourth-order valence-corrected chi connectivity index (χ4v) is 3.35. The number of carbonyl (C=O) groups excluding carboxylic acids is 2. The number of likely N-dealkylation sites (tertiary alicyclic amines) is 1. The molecule has 3 rings (SSSR count). The monoisotopic (exact) mass is 347 g/mol. The third kappa shape index (κ3) is 2.59. The highest BCUT2D eigenvalue weighted by Crippen LogP contribution is 2.44. The van der Waals surface area contributed by atoms with Gasteiger partial charge in [-0.25, -0.2) is 9.59 Å². The van der Waals surface area contributed by atoms with Gasteiger partial charge in [0.2, 0.25) is 5.91 Å². The number of hydrogen-bond acceptors (Lipinski definition) is 6. The molecule has 0 radical (unpaired) electrons. The van der Waals surface area contributed by atoms with E-state index >= 15 is 0 Å². The first-order valence-corrected chi connectivity index (χ1v) is 7.73. The van der Waals surface area contributed by atoms with Gasteiger partial charge in [0.15, 0.2) is 0 Å². The normalized spacial score (nSPS) is 22.8. The van der Waals surface area contributed by atoms with Crippen molar-refractivity contribution in [1.29, 1.82) is 0 Å². The zero-order valence-corrected chi connectivity index (χ0v) is 13.5. The van der Waals surface area contributed by atoms with Gasteiger partial charge in [0.25, 0.3) is 0 Å². The van der Waals surface area contributed by atoms with Gasteiger partial charge >= 0.3 is 11.9 Å². The summed E-state index contributed by atoms with van der Waals surface area (Å²) in [5.41, 5.74) is 0.397. The summed E-state index contributed by atoms with van der Waals surface area (Å²) in [5.74, 6) is -3.43. The van der Waals surface area contributed by atoms with Crippen LogP contribution in [-0.2, 0) is 20.9 Å². The zero-order valence-electron chi connectivity index (χ0n) is 13.5. The molecule has 2 aliphatic rings. The Labute approximate surface area is 142 Å². The van der Waals surface area contributed by atoms with Crippen LogP contribution < -0.4 is 0 Å². The van der Waals surface area contributed by atoms with Gasteiger partial charge in [-0.15, -0.1) is 0 Å². The molecule has 2 heterocycles. The van der Waals surface area contributed by atoms with Gasteiger partial charge in [-0.3, -0.25) is 4.79 Å². The first-order chi connectivity index (χ1) is 11.7. The highest BCUT2D eigenvalue weighted by Gasteiger charge is 2.39. The van der Waals surface area contributed by atoms with Crippen LogP contribution in [0, 0.1) is 0 Å².